The summed E-state index contributed by atoms with van der Waals surface area (Å²) in [7, 11) is 0. The number of amides is 1. The van der Waals surface area contributed by atoms with Crippen molar-refractivity contribution in [1.29, 1.82) is 0 Å². The Hall–Kier alpha value is -4.40. The van der Waals surface area contributed by atoms with Gasteiger partial charge in [-0.2, -0.15) is 4.98 Å². The number of fused-ring (bicyclic) bond motifs is 1. The maximum atomic E-state index is 14.3. The van der Waals surface area contributed by atoms with E-state index in [2.05, 4.69) is 10.3 Å². The van der Waals surface area contributed by atoms with Crippen molar-refractivity contribution in [3.63, 3.8) is 0 Å². The number of hydrogen-bond acceptors (Lipinski definition) is 6. The highest BCUT2D eigenvalue weighted by Crippen LogP contribution is 2.27. The van der Waals surface area contributed by atoms with Crippen LogP contribution in [0, 0.1) is 6.92 Å². The Morgan fingerprint density at radius 2 is 1.95 bits per heavy atom. The molecule has 0 spiro atoms. The highest BCUT2D eigenvalue weighted by atomic mass is 19.1. The predicted molar refractivity (Wildman–Crippen MR) is 136 cm³/mol. The molecule has 1 aliphatic rings. The third-order valence-corrected chi connectivity index (χ3v) is 6.42. The van der Waals surface area contributed by atoms with E-state index in [1.54, 1.807) is 24.3 Å². The molecule has 5 rings (SSSR count). The number of nitrogens with zero attached hydrogens (tertiary/aromatic N) is 2. The number of carboxylic acid groups (broad SMARTS) is 1. The second-order valence-electron chi connectivity index (χ2n) is 9.11. The number of carboxylic acids is 1. The first kappa shape index (κ1) is 24.3. The number of carbonyl (C=O) groups excluding carboxylic acids is 1. The van der Waals surface area contributed by atoms with Crippen molar-refractivity contribution in [3.05, 3.63) is 83.4 Å². The molecule has 190 valence electrons. The third kappa shape index (κ3) is 5.55. The number of likely N-dealkylation sites (tertiary alicyclic amines) is 1. The Morgan fingerprint density at radius 1 is 1.16 bits per heavy atom. The summed E-state index contributed by atoms with van der Waals surface area (Å²) in [6.07, 6.45) is -0.847. The van der Waals surface area contributed by atoms with Crippen molar-refractivity contribution in [2.24, 2.45) is 0 Å². The summed E-state index contributed by atoms with van der Waals surface area (Å²) < 4.78 is 25.9. The molecule has 1 aliphatic heterocycles. The molecule has 0 aliphatic carbocycles. The molecule has 0 saturated carbocycles. The SMILES string of the molecule is Cc1ccccc1Nc1nc2ccc(CC(=O)N3C[C@@H](F)C[C@H]3COc3ccc(C(=O)O)cc3)cc2o1. The van der Waals surface area contributed by atoms with Crippen LogP contribution in [-0.4, -0.2) is 52.2 Å². The molecule has 0 bridgehead atoms. The average Bonchev–Trinajstić information content (AvgIpc) is 3.46. The minimum absolute atomic E-state index is 0.0137. The van der Waals surface area contributed by atoms with Gasteiger partial charge in [-0.1, -0.05) is 24.3 Å². The monoisotopic (exact) mass is 503 g/mol. The van der Waals surface area contributed by atoms with Gasteiger partial charge in [0.05, 0.1) is 24.6 Å². The molecule has 0 radical (unpaired) electrons. The molecule has 2 N–H and O–H groups in total. The van der Waals surface area contributed by atoms with Gasteiger partial charge in [0.15, 0.2) is 5.58 Å². The number of halogens is 1. The molecule has 1 saturated heterocycles. The fourth-order valence-electron chi connectivity index (χ4n) is 4.45. The summed E-state index contributed by atoms with van der Waals surface area (Å²) in [5.41, 5.74) is 4.06. The first-order chi connectivity index (χ1) is 17.9. The molecule has 4 aromatic rings. The molecule has 9 heteroatoms. The zero-order valence-corrected chi connectivity index (χ0v) is 20.2. The first-order valence-electron chi connectivity index (χ1n) is 12.0. The van der Waals surface area contributed by atoms with Crippen LogP contribution in [0.25, 0.3) is 11.1 Å². The van der Waals surface area contributed by atoms with Gasteiger partial charge >= 0.3 is 5.97 Å². The van der Waals surface area contributed by atoms with Crippen molar-refractivity contribution < 1.29 is 28.2 Å². The number of aryl methyl sites for hydroxylation is 1. The lowest BCUT2D eigenvalue weighted by molar-refractivity contribution is -0.132. The van der Waals surface area contributed by atoms with Gasteiger partial charge in [0.2, 0.25) is 5.91 Å². The van der Waals surface area contributed by atoms with E-state index >= 15 is 0 Å². The zero-order chi connectivity index (χ0) is 25.9. The minimum atomic E-state index is -1.13. The van der Waals surface area contributed by atoms with Crippen LogP contribution >= 0.6 is 0 Å². The van der Waals surface area contributed by atoms with E-state index in [0.717, 1.165) is 16.8 Å². The number of rotatable bonds is 8. The van der Waals surface area contributed by atoms with Gasteiger partial charge in [0, 0.05) is 12.1 Å². The summed E-state index contributed by atoms with van der Waals surface area (Å²) in [6, 6.07) is 19.1. The number of aromatic nitrogens is 1. The fourth-order valence-corrected chi connectivity index (χ4v) is 4.45. The highest BCUT2D eigenvalue weighted by molar-refractivity contribution is 5.87. The van der Waals surface area contributed by atoms with Crippen molar-refractivity contribution in [1.82, 2.24) is 9.88 Å². The fraction of sp³-hybridized carbons (Fsp3) is 0.250. The largest absolute Gasteiger partial charge is 0.491 e. The number of ether oxygens (including phenoxy) is 1. The normalized spacial score (nSPS) is 17.2. The van der Waals surface area contributed by atoms with Gasteiger partial charge in [-0.15, -0.1) is 0 Å². The smallest absolute Gasteiger partial charge is 0.335 e. The number of carbonyl (C=O) groups is 2. The minimum Gasteiger partial charge on any atom is -0.491 e. The molecule has 0 unspecified atom stereocenters. The molecule has 2 heterocycles. The van der Waals surface area contributed by atoms with E-state index < -0.39 is 18.2 Å². The number of anilines is 2. The summed E-state index contributed by atoms with van der Waals surface area (Å²) in [5.74, 6) is -0.764. The van der Waals surface area contributed by atoms with Gasteiger partial charge in [-0.3, -0.25) is 4.79 Å². The van der Waals surface area contributed by atoms with E-state index in [4.69, 9.17) is 14.3 Å². The molecular weight excluding hydrogens is 477 g/mol. The number of nitrogens with one attached hydrogen (secondary N) is 1. The van der Waals surface area contributed by atoms with Crippen molar-refractivity contribution in [3.8, 4) is 5.75 Å². The van der Waals surface area contributed by atoms with Crippen LogP contribution in [0.15, 0.2) is 71.1 Å². The number of aromatic carboxylic acids is 1. The number of alkyl halides is 1. The lowest BCUT2D eigenvalue weighted by Crippen LogP contribution is -2.40. The second-order valence-corrected chi connectivity index (χ2v) is 9.11. The number of hydrogen-bond donors (Lipinski definition) is 2. The van der Waals surface area contributed by atoms with Crippen LogP contribution in [0.2, 0.25) is 0 Å². The van der Waals surface area contributed by atoms with E-state index in [9.17, 15) is 14.0 Å². The maximum absolute atomic E-state index is 14.3. The maximum Gasteiger partial charge on any atom is 0.335 e. The second kappa shape index (κ2) is 10.3. The topological polar surface area (TPSA) is 105 Å². The summed E-state index contributed by atoms with van der Waals surface area (Å²) in [6.45, 7) is 2.12. The lowest BCUT2D eigenvalue weighted by atomic mass is 10.1. The molecule has 8 nitrogen and oxygen atoms in total. The summed E-state index contributed by atoms with van der Waals surface area (Å²) in [5, 5.41) is 12.2. The van der Waals surface area contributed by atoms with Crippen LogP contribution in [0.5, 0.6) is 5.75 Å². The van der Waals surface area contributed by atoms with E-state index in [0.29, 0.717) is 22.9 Å². The Kier molecular flexibility index (Phi) is 6.76. The first-order valence-corrected chi connectivity index (χ1v) is 12.0. The number of para-hydroxylation sites is 1. The van der Waals surface area contributed by atoms with E-state index in [-0.39, 0.29) is 37.5 Å². The van der Waals surface area contributed by atoms with Crippen molar-refractivity contribution >= 4 is 34.7 Å². The average molecular weight is 504 g/mol. The van der Waals surface area contributed by atoms with Crippen molar-refractivity contribution in [2.75, 3.05) is 18.5 Å². The Bertz CT molecular complexity index is 1440. The standard InChI is InChI=1S/C28H26FN3O5/c1-17-4-2-3-5-23(17)30-28-31-24-11-6-18(12-25(24)37-28)13-26(33)32-15-20(29)14-21(32)16-36-22-9-7-19(8-10-22)27(34)35/h2-12,20-21H,13-16H2,1H3,(H,30,31)(H,34,35)/t20-,21-/m0/s1. The predicted octanol–water partition coefficient (Wildman–Crippen LogP) is 5.14. The number of benzene rings is 3. The van der Waals surface area contributed by atoms with Gasteiger partial charge < -0.3 is 24.5 Å². The van der Waals surface area contributed by atoms with Crippen LogP contribution in [0.3, 0.4) is 0 Å². The van der Waals surface area contributed by atoms with E-state index in [1.165, 1.54) is 17.0 Å². The summed E-state index contributed by atoms with van der Waals surface area (Å²) >= 11 is 0. The van der Waals surface area contributed by atoms with Crippen LogP contribution in [0.4, 0.5) is 16.1 Å². The quantitative estimate of drug-likeness (QED) is 0.343. The summed E-state index contributed by atoms with van der Waals surface area (Å²) in [4.78, 5) is 30.1. The van der Waals surface area contributed by atoms with Gasteiger partial charge in [0.25, 0.3) is 6.01 Å². The lowest BCUT2D eigenvalue weighted by Gasteiger charge is -2.24. The Morgan fingerprint density at radius 3 is 2.70 bits per heavy atom. The Labute approximate surface area is 212 Å². The van der Waals surface area contributed by atoms with E-state index in [1.807, 2.05) is 37.3 Å². The molecule has 1 amide bonds. The van der Waals surface area contributed by atoms with Crippen LogP contribution in [0.1, 0.15) is 27.9 Å². The van der Waals surface area contributed by atoms with Crippen molar-refractivity contribution in [2.45, 2.75) is 32.0 Å². The van der Waals surface area contributed by atoms with Gasteiger partial charge in [0.1, 0.15) is 24.0 Å². The zero-order valence-electron chi connectivity index (χ0n) is 20.2. The van der Waals surface area contributed by atoms with Crippen LogP contribution < -0.4 is 10.1 Å². The third-order valence-electron chi connectivity index (χ3n) is 6.42. The molecule has 37 heavy (non-hydrogen) atoms. The molecule has 2 atom stereocenters. The van der Waals surface area contributed by atoms with Crippen LogP contribution in [-0.2, 0) is 11.2 Å². The highest BCUT2D eigenvalue weighted by Gasteiger charge is 2.35. The molecule has 3 aromatic carbocycles. The molecule has 1 aromatic heterocycles. The molecular formula is C28H26FN3O5. The van der Waals surface area contributed by atoms with Gasteiger partial charge in [-0.25, -0.2) is 9.18 Å². The van der Waals surface area contributed by atoms with Gasteiger partial charge in [-0.05, 0) is 60.5 Å². The Balaban J connectivity index is 1.23. The molecule has 1 fully saturated rings. The number of oxazole rings is 1.